The van der Waals surface area contributed by atoms with Crippen LogP contribution in [0, 0.1) is 23.2 Å². The predicted octanol–water partition coefficient (Wildman–Crippen LogP) is 2.80. The van der Waals surface area contributed by atoms with Crippen molar-refractivity contribution in [1.82, 2.24) is 10.2 Å². The first-order valence-electron chi connectivity index (χ1n) is 8.29. The molecule has 2 aromatic carbocycles. The van der Waals surface area contributed by atoms with Gasteiger partial charge >= 0.3 is 0 Å². The molecule has 0 amide bonds. The number of hydrogen-bond donors (Lipinski definition) is 1. The minimum atomic E-state index is -0.295. The second-order valence-corrected chi connectivity index (χ2v) is 6.64. The van der Waals surface area contributed by atoms with Crippen molar-refractivity contribution < 1.29 is 0 Å². The van der Waals surface area contributed by atoms with Gasteiger partial charge in [-0.1, -0.05) is 60.7 Å². The summed E-state index contributed by atoms with van der Waals surface area (Å²) in [7, 11) is 0. The van der Waals surface area contributed by atoms with Crippen molar-refractivity contribution in [3.8, 4) is 6.07 Å². The van der Waals surface area contributed by atoms with E-state index in [0.29, 0.717) is 11.8 Å². The first kappa shape index (κ1) is 14.4. The van der Waals surface area contributed by atoms with Gasteiger partial charge in [0.25, 0.3) is 0 Å². The van der Waals surface area contributed by atoms with Gasteiger partial charge in [-0.25, -0.2) is 0 Å². The molecule has 0 radical (unpaired) electrons. The first-order valence-corrected chi connectivity index (χ1v) is 8.29. The summed E-state index contributed by atoms with van der Waals surface area (Å²) in [6, 6.07) is 23.7. The molecule has 1 saturated carbocycles. The largest absolute Gasteiger partial charge is 0.316 e. The molecule has 3 nitrogen and oxygen atoms in total. The molecule has 3 heteroatoms. The maximum absolute atomic E-state index is 9.97. The normalized spacial score (nSPS) is 28.3. The Kier molecular flexibility index (Phi) is 3.65. The summed E-state index contributed by atoms with van der Waals surface area (Å²) in [5.41, 5.74) is 2.25. The van der Waals surface area contributed by atoms with Gasteiger partial charge < -0.3 is 5.32 Å². The van der Waals surface area contributed by atoms with Crippen molar-refractivity contribution in [2.45, 2.75) is 18.6 Å². The molecule has 1 unspecified atom stereocenters. The maximum atomic E-state index is 9.97. The Morgan fingerprint density at radius 1 is 0.913 bits per heavy atom. The van der Waals surface area contributed by atoms with Crippen LogP contribution in [0.5, 0.6) is 0 Å². The standard InChI is InChI=1S/C20H21N3/c21-15-20(18-11-22-12-19(18)20)23(13-16-7-3-1-4-8-16)14-17-9-5-2-6-10-17/h1-10,18-19,22H,11-14H2/t18-,19+,20?. The van der Waals surface area contributed by atoms with Crippen LogP contribution >= 0.6 is 0 Å². The van der Waals surface area contributed by atoms with E-state index in [4.69, 9.17) is 0 Å². The fourth-order valence-electron chi connectivity index (χ4n) is 4.14. The molecule has 2 aliphatic rings. The summed E-state index contributed by atoms with van der Waals surface area (Å²) in [5, 5.41) is 13.4. The fourth-order valence-corrected chi connectivity index (χ4v) is 4.14. The summed E-state index contributed by atoms with van der Waals surface area (Å²) in [6.07, 6.45) is 0. The summed E-state index contributed by atoms with van der Waals surface area (Å²) < 4.78 is 0. The minimum absolute atomic E-state index is 0.295. The van der Waals surface area contributed by atoms with Crippen LogP contribution in [-0.4, -0.2) is 23.5 Å². The monoisotopic (exact) mass is 303 g/mol. The van der Waals surface area contributed by atoms with E-state index in [2.05, 4.69) is 64.8 Å². The third-order valence-electron chi connectivity index (χ3n) is 5.37. The van der Waals surface area contributed by atoms with E-state index in [9.17, 15) is 5.26 Å². The lowest BCUT2D eigenvalue weighted by Crippen LogP contribution is -2.42. The van der Waals surface area contributed by atoms with E-state index >= 15 is 0 Å². The highest BCUT2D eigenvalue weighted by atomic mass is 15.3. The molecule has 4 rings (SSSR count). The van der Waals surface area contributed by atoms with Gasteiger partial charge in [0.15, 0.2) is 0 Å². The van der Waals surface area contributed by atoms with E-state index in [1.165, 1.54) is 11.1 Å². The van der Waals surface area contributed by atoms with Gasteiger partial charge in [0.2, 0.25) is 0 Å². The molecule has 1 saturated heterocycles. The van der Waals surface area contributed by atoms with Crippen molar-refractivity contribution in [3.63, 3.8) is 0 Å². The van der Waals surface area contributed by atoms with Crippen molar-refractivity contribution in [1.29, 1.82) is 5.26 Å². The number of nitrogens with one attached hydrogen (secondary N) is 1. The predicted molar refractivity (Wildman–Crippen MR) is 90.3 cm³/mol. The molecule has 0 aromatic heterocycles. The van der Waals surface area contributed by atoms with Crippen molar-refractivity contribution in [3.05, 3.63) is 71.8 Å². The van der Waals surface area contributed by atoms with Gasteiger partial charge in [-0.2, -0.15) is 5.26 Å². The van der Waals surface area contributed by atoms with Gasteiger partial charge in [0.05, 0.1) is 6.07 Å². The Labute approximate surface area is 137 Å². The molecule has 3 atom stereocenters. The first-order chi connectivity index (χ1) is 11.3. The summed E-state index contributed by atoms with van der Waals surface area (Å²) in [4.78, 5) is 2.40. The van der Waals surface area contributed by atoms with Crippen LogP contribution < -0.4 is 5.32 Å². The van der Waals surface area contributed by atoms with Gasteiger partial charge in [-0.05, 0) is 11.1 Å². The number of benzene rings is 2. The van der Waals surface area contributed by atoms with Crippen molar-refractivity contribution >= 4 is 0 Å². The lowest BCUT2D eigenvalue weighted by Gasteiger charge is -2.30. The highest BCUT2D eigenvalue weighted by Gasteiger charge is 2.70. The molecule has 1 N–H and O–H groups in total. The zero-order chi connectivity index (χ0) is 15.7. The third-order valence-corrected chi connectivity index (χ3v) is 5.37. The smallest absolute Gasteiger partial charge is 0.118 e. The van der Waals surface area contributed by atoms with E-state index in [1.54, 1.807) is 0 Å². The van der Waals surface area contributed by atoms with Gasteiger partial charge in [-0.15, -0.1) is 0 Å². The van der Waals surface area contributed by atoms with Crippen LogP contribution in [0.1, 0.15) is 11.1 Å². The topological polar surface area (TPSA) is 39.1 Å². The quantitative estimate of drug-likeness (QED) is 0.923. The summed E-state index contributed by atoms with van der Waals surface area (Å²) in [6.45, 7) is 3.60. The maximum Gasteiger partial charge on any atom is 0.118 e. The van der Waals surface area contributed by atoms with E-state index in [0.717, 1.165) is 26.2 Å². The highest BCUT2D eigenvalue weighted by molar-refractivity contribution is 5.34. The Morgan fingerprint density at radius 2 is 1.39 bits per heavy atom. The van der Waals surface area contributed by atoms with Gasteiger partial charge in [0, 0.05) is 38.0 Å². The Balaban J connectivity index is 1.63. The fraction of sp³-hybridized carbons (Fsp3) is 0.350. The number of nitriles is 1. The summed E-state index contributed by atoms with van der Waals surface area (Å²) in [5.74, 6) is 0.944. The van der Waals surface area contributed by atoms with Crippen molar-refractivity contribution in [2.24, 2.45) is 11.8 Å². The molecule has 2 fully saturated rings. The number of rotatable bonds is 5. The molecular weight excluding hydrogens is 282 g/mol. The molecule has 0 bridgehead atoms. The van der Waals surface area contributed by atoms with E-state index in [1.807, 2.05) is 12.1 Å². The molecule has 116 valence electrons. The third kappa shape index (κ3) is 2.45. The Hall–Kier alpha value is -2.15. The van der Waals surface area contributed by atoms with Crippen molar-refractivity contribution in [2.75, 3.05) is 13.1 Å². The van der Waals surface area contributed by atoms with Crippen LogP contribution in [0.4, 0.5) is 0 Å². The highest BCUT2D eigenvalue weighted by Crippen LogP contribution is 2.57. The molecule has 23 heavy (non-hydrogen) atoms. The molecular formula is C20H21N3. The second-order valence-electron chi connectivity index (χ2n) is 6.64. The van der Waals surface area contributed by atoms with E-state index in [-0.39, 0.29) is 5.54 Å². The molecule has 2 aromatic rings. The number of piperidine rings is 1. The van der Waals surface area contributed by atoms with Crippen LogP contribution in [-0.2, 0) is 13.1 Å². The average Bonchev–Trinajstić information content (AvgIpc) is 2.95. The van der Waals surface area contributed by atoms with Gasteiger partial charge in [0.1, 0.15) is 5.54 Å². The van der Waals surface area contributed by atoms with Crippen LogP contribution in [0.25, 0.3) is 0 Å². The molecule has 1 heterocycles. The second kappa shape index (κ2) is 5.81. The Morgan fingerprint density at radius 3 is 1.83 bits per heavy atom. The lowest BCUT2D eigenvalue weighted by molar-refractivity contribution is 0.169. The molecule has 1 aliphatic carbocycles. The average molecular weight is 303 g/mol. The Bertz CT molecular complexity index is 653. The zero-order valence-electron chi connectivity index (χ0n) is 13.2. The number of hydrogen-bond acceptors (Lipinski definition) is 3. The van der Waals surface area contributed by atoms with Crippen LogP contribution in [0.2, 0.25) is 0 Å². The number of nitrogens with zero attached hydrogens (tertiary/aromatic N) is 2. The minimum Gasteiger partial charge on any atom is -0.316 e. The summed E-state index contributed by atoms with van der Waals surface area (Å²) >= 11 is 0. The van der Waals surface area contributed by atoms with E-state index < -0.39 is 0 Å². The SMILES string of the molecule is N#CC1(N(Cc2ccccc2)Cc2ccccc2)[C@@H]2CNC[C@@H]21. The van der Waals surface area contributed by atoms with Crippen LogP contribution in [0.15, 0.2) is 60.7 Å². The lowest BCUT2D eigenvalue weighted by atomic mass is 10.1. The van der Waals surface area contributed by atoms with Gasteiger partial charge in [-0.3, -0.25) is 4.90 Å². The number of fused-ring (bicyclic) bond motifs is 1. The molecule has 0 spiro atoms. The zero-order valence-corrected chi connectivity index (χ0v) is 13.2. The molecule has 1 aliphatic heterocycles. The van der Waals surface area contributed by atoms with Crippen LogP contribution in [0.3, 0.4) is 0 Å².